The van der Waals surface area contributed by atoms with Crippen LogP contribution in [0.3, 0.4) is 0 Å². The Kier molecular flexibility index (Phi) is 3.15. The van der Waals surface area contributed by atoms with Crippen molar-refractivity contribution >= 4 is 27.1 Å². The maximum Gasteiger partial charge on any atom is 0.327 e. The number of nitrogens with zero attached hydrogens (tertiary/aromatic N) is 2. The van der Waals surface area contributed by atoms with E-state index in [1.807, 2.05) is 0 Å². The van der Waals surface area contributed by atoms with Gasteiger partial charge in [-0.15, -0.1) is 11.8 Å². The highest BCUT2D eigenvalue weighted by atomic mass is 79.9. The fraction of sp³-hybridized carbons (Fsp3) is 0.300. The first kappa shape index (κ1) is 11.7. The largest absolute Gasteiger partial charge is 0.327 e. The number of rotatable bonds is 2. The summed E-state index contributed by atoms with van der Waals surface area (Å²) in [4.78, 5) is 31.5. The summed E-state index contributed by atoms with van der Waals surface area (Å²) < 4.78 is 2.17. The lowest BCUT2D eigenvalue weighted by atomic mass is 10.4. The molecule has 0 aliphatic carbocycles. The summed E-state index contributed by atoms with van der Waals surface area (Å²) in [5, 5.41) is 0. The molecule has 0 unspecified atom stereocenters. The van der Waals surface area contributed by atoms with Crippen LogP contribution in [0.4, 0.5) is 0 Å². The second-order valence-electron chi connectivity index (χ2n) is 3.31. The quantitative estimate of drug-likeness (QED) is 0.628. The van der Waals surface area contributed by atoms with Gasteiger partial charge in [-0.2, -0.15) is 0 Å². The van der Waals surface area contributed by atoms with Crippen LogP contribution in [-0.2, 0) is 6.54 Å². The average Bonchev–Trinajstić information content (AvgIpc) is 2.55. The van der Waals surface area contributed by atoms with Gasteiger partial charge in [0.15, 0.2) is 15.9 Å². The van der Waals surface area contributed by atoms with Crippen molar-refractivity contribution in [2.24, 2.45) is 0 Å². The Morgan fingerprint density at radius 3 is 2.88 bits per heavy atom. The van der Waals surface area contributed by atoms with Crippen LogP contribution in [0.25, 0.3) is 11.2 Å². The average molecular weight is 297 g/mol. The Morgan fingerprint density at radius 1 is 1.41 bits per heavy atom. The third kappa shape index (κ3) is 2.17. The molecule has 2 aromatic rings. The van der Waals surface area contributed by atoms with Crippen LogP contribution in [0.1, 0.15) is 13.3 Å². The van der Waals surface area contributed by atoms with Gasteiger partial charge in [-0.05, 0) is 22.9 Å². The molecule has 17 heavy (non-hydrogen) atoms. The summed E-state index contributed by atoms with van der Waals surface area (Å²) in [6.45, 7) is 2.29. The first-order valence-corrected chi connectivity index (χ1v) is 5.70. The van der Waals surface area contributed by atoms with Crippen LogP contribution in [0, 0.1) is 11.8 Å². The number of fused-ring (bicyclic) bond motifs is 1. The molecule has 0 atom stereocenters. The van der Waals surface area contributed by atoms with Gasteiger partial charge in [0.25, 0.3) is 5.56 Å². The molecule has 2 rings (SSSR count). The van der Waals surface area contributed by atoms with Crippen LogP contribution >= 0.6 is 15.9 Å². The van der Waals surface area contributed by atoms with E-state index in [-0.39, 0.29) is 5.65 Å². The van der Waals surface area contributed by atoms with Crippen LogP contribution in [-0.4, -0.2) is 19.5 Å². The molecule has 0 fully saturated rings. The molecule has 0 aliphatic heterocycles. The molecular formula is C10H9BrN4O2. The lowest BCUT2D eigenvalue weighted by molar-refractivity contribution is 0.719. The predicted molar refractivity (Wildman–Crippen MR) is 66.7 cm³/mol. The first-order valence-electron chi connectivity index (χ1n) is 4.91. The lowest BCUT2D eigenvalue weighted by Crippen LogP contribution is -2.23. The molecule has 0 bridgehead atoms. The number of H-pyrrole nitrogens is 2. The maximum absolute atomic E-state index is 11.7. The van der Waals surface area contributed by atoms with E-state index in [0.29, 0.717) is 23.2 Å². The predicted octanol–water partition coefficient (Wildman–Crippen LogP) is 0.589. The number of aromatic amines is 2. The molecule has 0 radical (unpaired) electrons. The molecule has 7 heteroatoms. The highest BCUT2D eigenvalue weighted by Gasteiger charge is 2.12. The normalized spacial score (nSPS) is 10.2. The Bertz CT molecular complexity index is 729. The smallest absolute Gasteiger partial charge is 0.312 e. The van der Waals surface area contributed by atoms with E-state index < -0.39 is 11.2 Å². The van der Waals surface area contributed by atoms with Gasteiger partial charge in [0, 0.05) is 13.0 Å². The van der Waals surface area contributed by atoms with Gasteiger partial charge in [-0.3, -0.25) is 14.8 Å². The van der Waals surface area contributed by atoms with Crippen LogP contribution in [0.2, 0.25) is 0 Å². The second kappa shape index (κ2) is 4.59. The minimum Gasteiger partial charge on any atom is -0.312 e. The Hall–Kier alpha value is -1.81. The summed E-state index contributed by atoms with van der Waals surface area (Å²) in [6.07, 6.45) is 0.610. The number of imidazole rings is 1. The van der Waals surface area contributed by atoms with Crippen LogP contribution < -0.4 is 11.2 Å². The number of nitrogens with one attached hydrogen (secondary N) is 2. The van der Waals surface area contributed by atoms with Gasteiger partial charge in [0.1, 0.15) is 0 Å². The van der Waals surface area contributed by atoms with E-state index in [4.69, 9.17) is 0 Å². The van der Waals surface area contributed by atoms with E-state index in [1.54, 1.807) is 11.5 Å². The third-order valence-electron chi connectivity index (χ3n) is 2.23. The molecule has 0 saturated heterocycles. The summed E-state index contributed by atoms with van der Waals surface area (Å²) in [5.74, 6) is 5.68. The van der Waals surface area contributed by atoms with Crippen molar-refractivity contribution < 1.29 is 0 Å². The zero-order chi connectivity index (χ0) is 12.4. The molecule has 0 amide bonds. The van der Waals surface area contributed by atoms with Gasteiger partial charge < -0.3 is 4.57 Å². The molecule has 2 N–H and O–H groups in total. The van der Waals surface area contributed by atoms with Crippen molar-refractivity contribution in [1.82, 2.24) is 19.5 Å². The van der Waals surface area contributed by atoms with Gasteiger partial charge in [-0.25, -0.2) is 9.78 Å². The summed E-state index contributed by atoms with van der Waals surface area (Å²) in [5.41, 5.74) is -0.399. The van der Waals surface area contributed by atoms with E-state index in [0.717, 1.165) is 0 Å². The summed E-state index contributed by atoms with van der Waals surface area (Å²) in [6, 6.07) is 0. The molecule has 6 nitrogen and oxygen atoms in total. The number of hydrogen-bond acceptors (Lipinski definition) is 3. The van der Waals surface area contributed by atoms with Gasteiger partial charge in [0.05, 0.1) is 0 Å². The molecule has 0 spiro atoms. The topological polar surface area (TPSA) is 83.5 Å². The molecule has 0 aromatic carbocycles. The van der Waals surface area contributed by atoms with Gasteiger partial charge in [-0.1, -0.05) is 0 Å². The zero-order valence-electron chi connectivity index (χ0n) is 9.00. The van der Waals surface area contributed by atoms with E-state index in [1.165, 1.54) is 0 Å². The van der Waals surface area contributed by atoms with Crippen LogP contribution in [0.5, 0.6) is 0 Å². The lowest BCUT2D eigenvalue weighted by Gasteiger charge is -2.00. The van der Waals surface area contributed by atoms with E-state index in [2.05, 4.69) is 42.7 Å². The van der Waals surface area contributed by atoms with Crippen molar-refractivity contribution in [1.29, 1.82) is 0 Å². The van der Waals surface area contributed by atoms with E-state index in [9.17, 15) is 9.59 Å². The number of aromatic nitrogens is 4. The summed E-state index contributed by atoms with van der Waals surface area (Å²) in [7, 11) is 0. The Labute approximate surface area is 104 Å². The van der Waals surface area contributed by atoms with Crippen molar-refractivity contribution in [3.05, 3.63) is 25.6 Å². The van der Waals surface area contributed by atoms with Gasteiger partial charge >= 0.3 is 5.69 Å². The summed E-state index contributed by atoms with van der Waals surface area (Å²) >= 11 is 3.25. The molecule has 2 aromatic heterocycles. The van der Waals surface area contributed by atoms with Crippen molar-refractivity contribution in [2.45, 2.75) is 19.9 Å². The van der Waals surface area contributed by atoms with Crippen LogP contribution in [0.15, 0.2) is 14.3 Å². The number of halogens is 1. The fourth-order valence-electron chi connectivity index (χ4n) is 1.54. The Morgan fingerprint density at radius 2 is 2.18 bits per heavy atom. The van der Waals surface area contributed by atoms with E-state index >= 15 is 0 Å². The zero-order valence-corrected chi connectivity index (χ0v) is 10.6. The number of aryl methyl sites for hydroxylation is 1. The Balaban J connectivity index is 2.61. The van der Waals surface area contributed by atoms with Crippen molar-refractivity contribution in [3.8, 4) is 11.8 Å². The molecule has 2 heterocycles. The molecular weight excluding hydrogens is 288 g/mol. The second-order valence-corrected chi connectivity index (χ2v) is 4.02. The SMILES string of the molecule is CC#CCCn1c(Br)nc2[nH]c(=O)[nH]c(=O)c21. The fourth-order valence-corrected chi connectivity index (χ4v) is 2.07. The highest BCUT2D eigenvalue weighted by Crippen LogP contribution is 2.14. The molecule has 0 aliphatic rings. The third-order valence-corrected chi connectivity index (χ3v) is 2.84. The van der Waals surface area contributed by atoms with Crippen molar-refractivity contribution in [2.75, 3.05) is 0 Å². The van der Waals surface area contributed by atoms with Gasteiger partial charge in [0.2, 0.25) is 0 Å². The maximum atomic E-state index is 11.7. The number of hydrogen-bond donors (Lipinski definition) is 2. The monoisotopic (exact) mass is 296 g/mol. The molecule has 88 valence electrons. The van der Waals surface area contributed by atoms with Crippen molar-refractivity contribution in [3.63, 3.8) is 0 Å². The standard InChI is InChI=1S/C10H9BrN4O2/c1-2-3-4-5-15-6-7(12-9(15)11)13-10(17)14-8(6)16/h4-5H2,1H3,(H2,13,14,16,17). The molecule has 0 saturated carbocycles. The minimum absolute atomic E-state index is 0.273. The minimum atomic E-state index is -0.562. The first-order chi connectivity index (χ1) is 8.13. The highest BCUT2D eigenvalue weighted by molar-refractivity contribution is 9.10.